The zero-order valence-corrected chi connectivity index (χ0v) is 33.5. The van der Waals surface area contributed by atoms with Crippen LogP contribution in [0.5, 0.6) is 0 Å². The molecular formula is C44H74NO7+. The Bertz CT molecular complexity index is 1080. The third kappa shape index (κ3) is 32.7. The molecule has 0 rings (SSSR count). The Labute approximate surface area is 317 Å². The highest BCUT2D eigenvalue weighted by Gasteiger charge is 2.31. The summed E-state index contributed by atoms with van der Waals surface area (Å²) in [5, 5.41) is 9.58. The van der Waals surface area contributed by atoms with Crippen LogP contribution in [0.3, 0.4) is 0 Å². The lowest BCUT2D eigenvalue weighted by atomic mass is 10.1. The van der Waals surface area contributed by atoms with E-state index in [0.29, 0.717) is 19.3 Å². The van der Waals surface area contributed by atoms with Crippen LogP contribution in [0.15, 0.2) is 72.9 Å². The largest absolute Gasteiger partial charge is 0.477 e. The fourth-order valence-electron chi connectivity index (χ4n) is 5.25. The van der Waals surface area contributed by atoms with Crippen molar-refractivity contribution >= 4 is 17.9 Å². The molecule has 0 spiro atoms. The van der Waals surface area contributed by atoms with Crippen molar-refractivity contribution in [1.82, 2.24) is 0 Å². The molecule has 296 valence electrons. The molecule has 0 radical (unpaired) electrons. The molecule has 0 heterocycles. The number of hydrogen-bond acceptors (Lipinski definition) is 6. The molecule has 0 amide bonds. The average Bonchev–Trinajstić information content (AvgIpc) is 3.09. The number of carbonyl (C=O) groups excluding carboxylic acids is 2. The van der Waals surface area contributed by atoms with Gasteiger partial charge in [-0.3, -0.25) is 9.59 Å². The van der Waals surface area contributed by atoms with Gasteiger partial charge >= 0.3 is 17.9 Å². The summed E-state index contributed by atoms with van der Waals surface area (Å²) < 4.78 is 17.1. The van der Waals surface area contributed by atoms with Crippen LogP contribution in [-0.4, -0.2) is 80.6 Å². The molecule has 0 aliphatic heterocycles. The van der Waals surface area contributed by atoms with Crippen LogP contribution >= 0.6 is 0 Å². The van der Waals surface area contributed by atoms with Crippen molar-refractivity contribution in [3.8, 4) is 0 Å². The van der Waals surface area contributed by atoms with E-state index in [1.807, 2.05) is 21.1 Å². The van der Waals surface area contributed by atoms with Gasteiger partial charge in [0, 0.05) is 19.3 Å². The van der Waals surface area contributed by atoms with Crippen molar-refractivity contribution in [2.45, 2.75) is 148 Å². The van der Waals surface area contributed by atoms with E-state index in [9.17, 15) is 19.5 Å². The molecule has 2 unspecified atom stereocenters. The molecule has 0 aliphatic rings. The first kappa shape index (κ1) is 48.8. The summed E-state index contributed by atoms with van der Waals surface area (Å²) >= 11 is 0. The molecule has 0 aromatic rings. The molecule has 0 aliphatic carbocycles. The fraction of sp³-hybridized carbons (Fsp3) is 0.659. The van der Waals surface area contributed by atoms with Gasteiger partial charge in [0.2, 0.25) is 0 Å². The topological polar surface area (TPSA) is 99.1 Å². The van der Waals surface area contributed by atoms with E-state index < -0.39 is 18.1 Å². The molecule has 0 fully saturated rings. The van der Waals surface area contributed by atoms with Gasteiger partial charge in [0.05, 0.1) is 34.4 Å². The Hall–Kier alpha value is -3.23. The van der Waals surface area contributed by atoms with E-state index in [1.54, 1.807) is 0 Å². The fourth-order valence-corrected chi connectivity index (χ4v) is 5.25. The van der Waals surface area contributed by atoms with Crippen LogP contribution in [0.1, 0.15) is 136 Å². The van der Waals surface area contributed by atoms with Crippen molar-refractivity contribution in [2.75, 3.05) is 41.0 Å². The highest BCUT2D eigenvalue weighted by atomic mass is 16.6. The molecule has 0 aromatic carbocycles. The van der Waals surface area contributed by atoms with E-state index in [-0.39, 0.29) is 49.1 Å². The minimum absolute atomic E-state index is 0.0212. The lowest BCUT2D eigenvalue weighted by Gasteiger charge is -2.31. The Balaban J connectivity index is 4.53. The molecular weight excluding hydrogens is 654 g/mol. The van der Waals surface area contributed by atoms with Gasteiger partial charge in [0.25, 0.3) is 0 Å². The predicted molar refractivity (Wildman–Crippen MR) is 215 cm³/mol. The first-order chi connectivity index (χ1) is 25.1. The van der Waals surface area contributed by atoms with Gasteiger partial charge in [0.15, 0.2) is 12.1 Å². The molecule has 0 saturated carbocycles. The van der Waals surface area contributed by atoms with Gasteiger partial charge in [-0.2, -0.15) is 0 Å². The Morgan fingerprint density at radius 3 is 1.60 bits per heavy atom. The van der Waals surface area contributed by atoms with Gasteiger partial charge in [-0.05, 0) is 70.6 Å². The number of aliphatic carboxylic acids is 1. The molecule has 2 atom stereocenters. The van der Waals surface area contributed by atoms with E-state index in [4.69, 9.17) is 14.2 Å². The maximum atomic E-state index is 12.6. The third-order valence-electron chi connectivity index (χ3n) is 8.34. The van der Waals surface area contributed by atoms with Crippen LogP contribution in [0.2, 0.25) is 0 Å². The smallest absolute Gasteiger partial charge is 0.362 e. The van der Waals surface area contributed by atoms with Crippen molar-refractivity contribution < 1.29 is 38.2 Å². The number of carboxylic acids is 1. The highest BCUT2D eigenvalue weighted by molar-refractivity contribution is 5.72. The first-order valence-electron chi connectivity index (χ1n) is 20.0. The van der Waals surface area contributed by atoms with Crippen LogP contribution in [-0.2, 0) is 28.6 Å². The second-order valence-electron chi connectivity index (χ2n) is 14.1. The first-order valence-corrected chi connectivity index (χ1v) is 20.0. The van der Waals surface area contributed by atoms with Crippen LogP contribution in [0, 0.1) is 0 Å². The average molecular weight is 729 g/mol. The number of allylic oxidation sites excluding steroid dienone is 12. The van der Waals surface area contributed by atoms with E-state index >= 15 is 0 Å². The summed E-state index contributed by atoms with van der Waals surface area (Å²) in [6, 6.07) is -0.632. The Morgan fingerprint density at radius 2 is 1.08 bits per heavy atom. The molecule has 8 heteroatoms. The van der Waals surface area contributed by atoms with Crippen molar-refractivity contribution in [2.24, 2.45) is 0 Å². The van der Waals surface area contributed by atoms with E-state index in [1.165, 1.54) is 44.9 Å². The maximum Gasteiger partial charge on any atom is 0.362 e. The highest BCUT2D eigenvalue weighted by Crippen LogP contribution is 2.11. The summed E-state index contributed by atoms with van der Waals surface area (Å²) in [6.45, 7) is 4.47. The molecule has 52 heavy (non-hydrogen) atoms. The zero-order chi connectivity index (χ0) is 38.5. The minimum atomic E-state index is -0.893. The summed E-state index contributed by atoms with van der Waals surface area (Å²) in [4.78, 5) is 36.8. The van der Waals surface area contributed by atoms with Gasteiger partial charge in [0.1, 0.15) is 6.61 Å². The standard InChI is InChI=1S/C44H73NO7/c1-6-8-10-12-14-16-18-19-20-21-22-23-25-26-28-30-32-34-42(46)51-39-40(38-50-37-36-41(44(48)49)45(3,4)5)52-43(47)35-33-31-29-27-24-17-15-13-11-9-7-2/h9,11,15,17,19-20,22-23,26-29,40-41H,6-8,10,12-14,16,18,21,24-25,30-39H2,1-5H3/p+1/b11-9+,17-15+,20-19+,23-22+,28-26+,29-27+. The Morgan fingerprint density at radius 1 is 0.596 bits per heavy atom. The Kier molecular flexibility index (Phi) is 32.7. The molecule has 0 aromatic heterocycles. The second kappa shape index (κ2) is 34.8. The van der Waals surface area contributed by atoms with Crippen LogP contribution < -0.4 is 0 Å². The SMILES string of the molecule is CC/C=C/C/C=C/C/C=C/CCCC(=O)OC(COCCC(C(=O)O)[N+](C)(C)C)COC(=O)CCC/C=C/C/C=C/C/C=C/CCCCCCCC. The summed E-state index contributed by atoms with van der Waals surface area (Å²) in [5.74, 6) is -1.62. The van der Waals surface area contributed by atoms with Crippen LogP contribution in [0.4, 0.5) is 0 Å². The number of likely N-dealkylation sites (N-methyl/N-ethyl adjacent to an activating group) is 1. The second-order valence-corrected chi connectivity index (χ2v) is 14.1. The lowest BCUT2D eigenvalue weighted by Crippen LogP contribution is -2.50. The number of carbonyl (C=O) groups is 3. The molecule has 8 nitrogen and oxygen atoms in total. The lowest BCUT2D eigenvalue weighted by molar-refractivity contribution is -0.887. The monoisotopic (exact) mass is 729 g/mol. The third-order valence-corrected chi connectivity index (χ3v) is 8.34. The summed E-state index contributed by atoms with van der Waals surface area (Å²) in [7, 11) is 5.47. The molecule has 0 bridgehead atoms. The molecule has 1 N–H and O–H groups in total. The normalized spacial score (nSPS) is 13.8. The molecule has 0 saturated heterocycles. The van der Waals surface area contributed by atoms with E-state index in [0.717, 1.165) is 44.9 Å². The number of unbranched alkanes of at least 4 members (excludes halogenated alkanes) is 8. The number of nitrogens with zero attached hydrogens (tertiary/aromatic N) is 1. The quantitative estimate of drug-likeness (QED) is 0.0305. The number of ether oxygens (including phenoxy) is 3. The van der Waals surface area contributed by atoms with Gasteiger partial charge in [-0.15, -0.1) is 0 Å². The van der Waals surface area contributed by atoms with E-state index in [2.05, 4.69) is 86.8 Å². The predicted octanol–water partition coefficient (Wildman–Crippen LogP) is 10.4. The van der Waals surface area contributed by atoms with Gasteiger partial charge < -0.3 is 23.8 Å². The number of rotatable bonds is 34. The zero-order valence-electron chi connectivity index (χ0n) is 33.5. The number of quaternary nitrogens is 1. The summed E-state index contributed by atoms with van der Waals surface area (Å²) in [6.07, 6.45) is 42.6. The van der Waals surface area contributed by atoms with Gasteiger partial charge in [-0.25, -0.2) is 4.79 Å². The van der Waals surface area contributed by atoms with Crippen molar-refractivity contribution in [3.63, 3.8) is 0 Å². The van der Waals surface area contributed by atoms with Gasteiger partial charge in [-0.1, -0.05) is 119 Å². The van der Waals surface area contributed by atoms with Crippen molar-refractivity contribution in [1.29, 1.82) is 0 Å². The van der Waals surface area contributed by atoms with Crippen LogP contribution in [0.25, 0.3) is 0 Å². The minimum Gasteiger partial charge on any atom is -0.477 e. The number of carboxylic acid groups (broad SMARTS) is 1. The summed E-state index contributed by atoms with van der Waals surface area (Å²) in [5.41, 5.74) is 0. The van der Waals surface area contributed by atoms with Crippen molar-refractivity contribution in [3.05, 3.63) is 72.9 Å². The number of hydrogen-bond donors (Lipinski definition) is 1. The number of esters is 2. The maximum absolute atomic E-state index is 12.6.